The number of hydrogen-bond acceptors (Lipinski definition) is 3. The van der Waals surface area contributed by atoms with Gasteiger partial charge in [0, 0.05) is 31.0 Å². The molecule has 104 valence electrons. The van der Waals surface area contributed by atoms with Crippen LogP contribution in [-0.4, -0.2) is 25.1 Å². The summed E-state index contributed by atoms with van der Waals surface area (Å²) in [6, 6.07) is 8.40. The molecule has 2 N–H and O–H groups in total. The van der Waals surface area contributed by atoms with Gasteiger partial charge in [0.1, 0.15) is 5.75 Å². The smallest absolute Gasteiger partial charge is 0.221 e. The first kappa shape index (κ1) is 13.9. The van der Waals surface area contributed by atoms with Gasteiger partial charge in [-0.15, -0.1) is 0 Å². The molecule has 0 fully saturated rings. The highest BCUT2D eigenvalue weighted by atomic mass is 16.5. The molecule has 19 heavy (non-hydrogen) atoms. The van der Waals surface area contributed by atoms with Crippen molar-refractivity contribution in [2.45, 2.75) is 38.8 Å². The Morgan fingerprint density at radius 2 is 2.21 bits per heavy atom. The first-order valence-electron chi connectivity index (χ1n) is 6.91. The quantitative estimate of drug-likeness (QED) is 0.853. The number of rotatable bonds is 5. The van der Waals surface area contributed by atoms with E-state index in [1.807, 2.05) is 24.3 Å². The highest BCUT2D eigenvalue weighted by Crippen LogP contribution is 2.31. The Labute approximate surface area is 114 Å². The fourth-order valence-corrected chi connectivity index (χ4v) is 2.23. The van der Waals surface area contributed by atoms with Gasteiger partial charge in [-0.1, -0.05) is 32.0 Å². The van der Waals surface area contributed by atoms with Gasteiger partial charge in [0.2, 0.25) is 5.91 Å². The Kier molecular flexibility index (Phi) is 4.80. The van der Waals surface area contributed by atoms with Crippen molar-refractivity contribution in [3.05, 3.63) is 29.8 Å². The van der Waals surface area contributed by atoms with Crippen LogP contribution >= 0.6 is 0 Å². The van der Waals surface area contributed by atoms with Gasteiger partial charge in [-0.3, -0.25) is 4.79 Å². The average molecular weight is 262 g/mol. The van der Waals surface area contributed by atoms with Crippen molar-refractivity contribution in [3.8, 4) is 5.75 Å². The highest BCUT2D eigenvalue weighted by molar-refractivity contribution is 5.76. The van der Waals surface area contributed by atoms with Crippen LogP contribution in [0.2, 0.25) is 0 Å². The fourth-order valence-electron chi connectivity index (χ4n) is 2.23. The molecule has 1 aromatic rings. The number of benzene rings is 1. The number of fused-ring (bicyclic) bond motifs is 1. The number of carbonyl (C=O) groups excluding carboxylic acids is 1. The molecule has 0 bridgehead atoms. The molecule has 2 rings (SSSR count). The molecule has 4 heteroatoms. The molecular weight excluding hydrogens is 240 g/mol. The van der Waals surface area contributed by atoms with Crippen LogP contribution in [0.1, 0.15) is 38.3 Å². The van der Waals surface area contributed by atoms with Crippen LogP contribution in [0.15, 0.2) is 24.3 Å². The number of nitrogens with one attached hydrogen (secondary N) is 2. The SMILES string of the molecule is CC(C)NCCC(=O)NC1CCOc2ccccc21. The second-order valence-electron chi connectivity index (χ2n) is 5.15. The Morgan fingerprint density at radius 1 is 1.42 bits per heavy atom. The summed E-state index contributed by atoms with van der Waals surface area (Å²) < 4.78 is 5.58. The Hall–Kier alpha value is -1.55. The van der Waals surface area contributed by atoms with E-state index >= 15 is 0 Å². The van der Waals surface area contributed by atoms with Crippen LogP contribution < -0.4 is 15.4 Å². The second kappa shape index (κ2) is 6.57. The van der Waals surface area contributed by atoms with E-state index in [-0.39, 0.29) is 11.9 Å². The number of hydrogen-bond donors (Lipinski definition) is 2. The standard InChI is InChI=1S/C15H22N2O2/c1-11(2)16-9-7-15(18)17-13-8-10-19-14-6-4-3-5-12(13)14/h3-6,11,13,16H,7-10H2,1-2H3,(H,17,18). The average Bonchev–Trinajstić information content (AvgIpc) is 2.39. The highest BCUT2D eigenvalue weighted by Gasteiger charge is 2.22. The van der Waals surface area contributed by atoms with E-state index in [2.05, 4.69) is 24.5 Å². The Morgan fingerprint density at radius 3 is 3.00 bits per heavy atom. The van der Waals surface area contributed by atoms with Crippen molar-refractivity contribution < 1.29 is 9.53 Å². The summed E-state index contributed by atoms with van der Waals surface area (Å²) >= 11 is 0. The maximum absolute atomic E-state index is 11.9. The lowest BCUT2D eigenvalue weighted by Crippen LogP contribution is -2.34. The predicted molar refractivity (Wildman–Crippen MR) is 75.2 cm³/mol. The third-order valence-corrected chi connectivity index (χ3v) is 3.20. The third kappa shape index (κ3) is 3.96. The molecule has 1 atom stereocenters. The van der Waals surface area contributed by atoms with Crippen molar-refractivity contribution in [2.75, 3.05) is 13.2 Å². The molecule has 0 saturated heterocycles. The normalized spacial score (nSPS) is 17.7. The minimum Gasteiger partial charge on any atom is -0.493 e. The molecule has 1 aliphatic rings. The lowest BCUT2D eigenvalue weighted by molar-refractivity contribution is -0.121. The van der Waals surface area contributed by atoms with Gasteiger partial charge >= 0.3 is 0 Å². The van der Waals surface area contributed by atoms with Crippen LogP contribution in [0.4, 0.5) is 0 Å². The van der Waals surface area contributed by atoms with Crippen LogP contribution in [0.25, 0.3) is 0 Å². The summed E-state index contributed by atoms with van der Waals surface area (Å²) in [6.45, 7) is 5.53. The van der Waals surface area contributed by atoms with Crippen molar-refractivity contribution >= 4 is 5.91 Å². The molecule has 0 saturated carbocycles. The summed E-state index contributed by atoms with van der Waals surface area (Å²) in [5.74, 6) is 0.981. The molecular formula is C15H22N2O2. The van der Waals surface area contributed by atoms with E-state index in [1.165, 1.54) is 0 Å². The maximum atomic E-state index is 11.9. The van der Waals surface area contributed by atoms with Gasteiger partial charge in [-0.2, -0.15) is 0 Å². The first-order valence-corrected chi connectivity index (χ1v) is 6.91. The van der Waals surface area contributed by atoms with Crippen molar-refractivity contribution in [3.63, 3.8) is 0 Å². The lowest BCUT2D eigenvalue weighted by Gasteiger charge is -2.26. The summed E-state index contributed by atoms with van der Waals surface area (Å²) in [5, 5.41) is 6.34. The van der Waals surface area contributed by atoms with E-state index in [0.29, 0.717) is 25.6 Å². The molecule has 4 nitrogen and oxygen atoms in total. The van der Waals surface area contributed by atoms with Crippen LogP contribution in [-0.2, 0) is 4.79 Å². The second-order valence-corrected chi connectivity index (χ2v) is 5.15. The van der Waals surface area contributed by atoms with Gasteiger partial charge < -0.3 is 15.4 Å². The molecule has 0 aliphatic carbocycles. The Bertz CT molecular complexity index is 432. The van der Waals surface area contributed by atoms with Gasteiger partial charge in [0.05, 0.1) is 12.6 Å². The van der Waals surface area contributed by atoms with Gasteiger partial charge in [-0.05, 0) is 6.07 Å². The Balaban J connectivity index is 1.88. The number of para-hydroxylation sites is 1. The van der Waals surface area contributed by atoms with E-state index < -0.39 is 0 Å². The van der Waals surface area contributed by atoms with Crippen molar-refractivity contribution in [1.29, 1.82) is 0 Å². The van der Waals surface area contributed by atoms with E-state index in [4.69, 9.17) is 4.74 Å². The number of carbonyl (C=O) groups is 1. The molecule has 1 unspecified atom stereocenters. The topological polar surface area (TPSA) is 50.4 Å². The van der Waals surface area contributed by atoms with Crippen LogP contribution in [0, 0.1) is 0 Å². The van der Waals surface area contributed by atoms with Crippen LogP contribution in [0.5, 0.6) is 5.75 Å². The van der Waals surface area contributed by atoms with Gasteiger partial charge in [0.15, 0.2) is 0 Å². The molecule has 0 spiro atoms. The predicted octanol–water partition coefficient (Wildman–Crippen LogP) is 2.01. The zero-order valence-electron chi connectivity index (χ0n) is 11.6. The number of ether oxygens (including phenoxy) is 1. The summed E-state index contributed by atoms with van der Waals surface area (Å²) in [7, 11) is 0. The molecule has 1 aromatic carbocycles. The minimum absolute atomic E-state index is 0.0801. The molecule has 1 aliphatic heterocycles. The summed E-state index contributed by atoms with van der Waals surface area (Å²) in [5.41, 5.74) is 1.08. The molecule has 0 radical (unpaired) electrons. The summed E-state index contributed by atoms with van der Waals surface area (Å²) in [6.07, 6.45) is 1.35. The van der Waals surface area contributed by atoms with Gasteiger partial charge in [-0.25, -0.2) is 0 Å². The van der Waals surface area contributed by atoms with Crippen LogP contribution in [0.3, 0.4) is 0 Å². The molecule has 1 amide bonds. The van der Waals surface area contributed by atoms with Crippen molar-refractivity contribution in [1.82, 2.24) is 10.6 Å². The molecule has 0 aromatic heterocycles. The number of amides is 1. The molecule has 1 heterocycles. The minimum atomic E-state index is 0.0801. The maximum Gasteiger partial charge on any atom is 0.221 e. The largest absolute Gasteiger partial charge is 0.493 e. The first-order chi connectivity index (χ1) is 9.16. The lowest BCUT2D eigenvalue weighted by atomic mass is 10.0. The summed E-state index contributed by atoms with van der Waals surface area (Å²) in [4.78, 5) is 11.9. The fraction of sp³-hybridized carbons (Fsp3) is 0.533. The van der Waals surface area contributed by atoms with Gasteiger partial charge in [0.25, 0.3) is 0 Å². The van der Waals surface area contributed by atoms with E-state index in [0.717, 1.165) is 17.7 Å². The van der Waals surface area contributed by atoms with E-state index in [1.54, 1.807) is 0 Å². The zero-order chi connectivity index (χ0) is 13.7. The zero-order valence-corrected chi connectivity index (χ0v) is 11.6. The van der Waals surface area contributed by atoms with Crippen molar-refractivity contribution in [2.24, 2.45) is 0 Å². The third-order valence-electron chi connectivity index (χ3n) is 3.20. The monoisotopic (exact) mass is 262 g/mol. The van der Waals surface area contributed by atoms with E-state index in [9.17, 15) is 4.79 Å².